The van der Waals surface area contributed by atoms with Crippen molar-refractivity contribution in [2.24, 2.45) is 0 Å². The predicted octanol–water partition coefficient (Wildman–Crippen LogP) is 2.59. The van der Waals surface area contributed by atoms with E-state index in [9.17, 15) is 18.6 Å². The standard InChI is InChI=1S/C27H33N3O7S/c1-35-22-10-7-19(8-11-22)14-30(15-25(31)28-20-5-3-2-4-6-20)27(33)17-38(34)16-26(32)29-21-9-12-23-24(13-21)37-18-36-23/h7-13,20H,2-6,14-18H2,1H3,(H,28,31)(H,29,32). The third-order valence-corrected chi connectivity index (χ3v) is 7.58. The zero-order chi connectivity index (χ0) is 26.9. The van der Waals surface area contributed by atoms with E-state index < -0.39 is 22.6 Å². The first-order chi connectivity index (χ1) is 18.4. The van der Waals surface area contributed by atoms with Gasteiger partial charge in [0.15, 0.2) is 11.5 Å². The number of hydrogen-bond donors (Lipinski definition) is 2. The molecule has 11 heteroatoms. The third kappa shape index (κ3) is 7.95. The molecule has 2 aromatic carbocycles. The maximum absolute atomic E-state index is 13.1. The van der Waals surface area contributed by atoms with E-state index in [1.54, 1.807) is 37.4 Å². The molecule has 0 spiro atoms. The molecule has 3 amide bonds. The van der Waals surface area contributed by atoms with Crippen LogP contribution in [-0.2, 0) is 31.7 Å². The second-order valence-electron chi connectivity index (χ2n) is 9.35. The summed E-state index contributed by atoms with van der Waals surface area (Å²) < 4.78 is 28.5. The maximum Gasteiger partial charge on any atom is 0.239 e. The number of benzene rings is 2. The Kier molecular flexibility index (Phi) is 9.58. The van der Waals surface area contributed by atoms with Crippen LogP contribution in [-0.4, -0.2) is 64.8 Å². The number of fused-ring (bicyclic) bond motifs is 1. The average molecular weight is 544 g/mol. The quantitative estimate of drug-likeness (QED) is 0.447. The highest BCUT2D eigenvalue weighted by atomic mass is 32.2. The Morgan fingerprint density at radius 2 is 1.71 bits per heavy atom. The molecule has 38 heavy (non-hydrogen) atoms. The molecule has 10 nitrogen and oxygen atoms in total. The van der Waals surface area contributed by atoms with Gasteiger partial charge in [-0.25, -0.2) is 0 Å². The molecule has 0 bridgehead atoms. The highest BCUT2D eigenvalue weighted by molar-refractivity contribution is 7.86. The summed E-state index contributed by atoms with van der Waals surface area (Å²) in [6, 6.07) is 12.2. The molecule has 4 rings (SSSR count). The lowest BCUT2D eigenvalue weighted by Gasteiger charge is -2.26. The second kappa shape index (κ2) is 13.3. The summed E-state index contributed by atoms with van der Waals surface area (Å²) in [4.78, 5) is 39.8. The molecular formula is C27H33N3O7S. The number of nitrogens with zero attached hydrogens (tertiary/aromatic N) is 1. The first-order valence-corrected chi connectivity index (χ1v) is 14.1. The Balaban J connectivity index is 1.34. The van der Waals surface area contributed by atoms with Crippen LogP contribution in [0.15, 0.2) is 42.5 Å². The molecule has 1 saturated carbocycles. The topological polar surface area (TPSA) is 123 Å². The molecule has 204 valence electrons. The molecule has 1 fully saturated rings. The van der Waals surface area contributed by atoms with Gasteiger partial charge in [0.1, 0.15) is 17.3 Å². The normalized spacial score (nSPS) is 15.4. The van der Waals surface area contributed by atoms with Crippen molar-refractivity contribution in [2.75, 3.05) is 37.3 Å². The van der Waals surface area contributed by atoms with Gasteiger partial charge in [-0.15, -0.1) is 0 Å². The molecule has 0 aromatic heterocycles. The van der Waals surface area contributed by atoms with Gasteiger partial charge in [-0.2, -0.15) is 0 Å². The maximum atomic E-state index is 13.1. The number of carbonyl (C=O) groups is 3. The summed E-state index contributed by atoms with van der Waals surface area (Å²) in [7, 11) is -0.201. The van der Waals surface area contributed by atoms with E-state index in [2.05, 4.69) is 10.6 Å². The van der Waals surface area contributed by atoms with E-state index in [1.807, 2.05) is 12.1 Å². The van der Waals surface area contributed by atoms with Gasteiger partial charge < -0.3 is 29.7 Å². The minimum Gasteiger partial charge on any atom is -0.497 e. The van der Waals surface area contributed by atoms with E-state index >= 15 is 0 Å². The highest BCUT2D eigenvalue weighted by Gasteiger charge is 2.23. The lowest BCUT2D eigenvalue weighted by Crippen LogP contribution is -2.45. The fourth-order valence-corrected chi connectivity index (χ4v) is 5.40. The van der Waals surface area contributed by atoms with Crippen LogP contribution in [0.25, 0.3) is 0 Å². The summed E-state index contributed by atoms with van der Waals surface area (Å²) in [5.74, 6) is -0.157. The van der Waals surface area contributed by atoms with Crippen LogP contribution >= 0.6 is 0 Å². The Morgan fingerprint density at radius 1 is 0.974 bits per heavy atom. The van der Waals surface area contributed by atoms with E-state index in [0.29, 0.717) is 22.9 Å². The van der Waals surface area contributed by atoms with Gasteiger partial charge in [0.2, 0.25) is 24.5 Å². The van der Waals surface area contributed by atoms with Crippen molar-refractivity contribution in [1.82, 2.24) is 10.2 Å². The fourth-order valence-electron chi connectivity index (χ4n) is 4.47. The molecule has 0 radical (unpaired) electrons. The Labute approximate surface area is 224 Å². The molecule has 1 atom stereocenters. The second-order valence-corrected chi connectivity index (χ2v) is 10.8. The van der Waals surface area contributed by atoms with Gasteiger partial charge in [0.05, 0.1) is 13.7 Å². The van der Waals surface area contributed by atoms with Crippen molar-refractivity contribution in [2.45, 2.75) is 44.7 Å². The summed E-state index contributed by atoms with van der Waals surface area (Å²) in [6.07, 6.45) is 5.18. The number of anilines is 1. The number of methoxy groups -OCH3 is 1. The fraction of sp³-hybridized carbons (Fsp3) is 0.444. The molecule has 1 heterocycles. The first-order valence-electron chi connectivity index (χ1n) is 12.6. The molecule has 0 saturated heterocycles. The molecule has 2 aliphatic rings. The number of rotatable bonds is 11. The van der Waals surface area contributed by atoms with Crippen LogP contribution in [0, 0.1) is 0 Å². The zero-order valence-electron chi connectivity index (χ0n) is 21.4. The monoisotopic (exact) mass is 543 g/mol. The van der Waals surface area contributed by atoms with E-state index in [1.165, 1.54) is 11.3 Å². The van der Waals surface area contributed by atoms with Crippen molar-refractivity contribution >= 4 is 34.2 Å². The number of nitrogens with one attached hydrogen (secondary N) is 2. The zero-order valence-corrected chi connectivity index (χ0v) is 22.2. The summed E-state index contributed by atoms with van der Waals surface area (Å²) in [6.45, 7) is 0.133. The Hall–Kier alpha value is -3.60. The van der Waals surface area contributed by atoms with Gasteiger partial charge in [0, 0.05) is 35.1 Å². The largest absolute Gasteiger partial charge is 0.497 e. The van der Waals surface area contributed by atoms with Crippen LogP contribution in [0.4, 0.5) is 5.69 Å². The minimum absolute atomic E-state index is 0.114. The summed E-state index contributed by atoms with van der Waals surface area (Å²) in [5.41, 5.74) is 1.28. The lowest BCUT2D eigenvalue weighted by molar-refractivity contribution is -0.135. The van der Waals surface area contributed by atoms with Crippen molar-refractivity contribution in [3.63, 3.8) is 0 Å². The van der Waals surface area contributed by atoms with Crippen molar-refractivity contribution in [3.8, 4) is 17.2 Å². The minimum atomic E-state index is -1.77. The van der Waals surface area contributed by atoms with Crippen LogP contribution < -0.4 is 24.8 Å². The molecular weight excluding hydrogens is 510 g/mol. The smallest absolute Gasteiger partial charge is 0.239 e. The van der Waals surface area contributed by atoms with Gasteiger partial charge in [-0.1, -0.05) is 31.4 Å². The van der Waals surface area contributed by atoms with Gasteiger partial charge in [-0.05, 0) is 42.7 Å². The first kappa shape index (κ1) is 27.4. The van der Waals surface area contributed by atoms with Crippen LogP contribution in [0.2, 0.25) is 0 Å². The van der Waals surface area contributed by atoms with Crippen molar-refractivity contribution in [3.05, 3.63) is 48.0 Å². The Bertz CT molecular complexity index is 1170. The summed E-state index contributed by atoms with van der Waals surface area (Å²) >= 11 is 0. The van der Waals surface area contributed by atoms with Crippen molar-refractivity contribution in [1.29, 1.82) is 0 Å². The van der Waals surface area contributed by atoms with E-state index in [4.69, 9.17) is 14.2 Å². The number of amides is 3. The average Bonchev–Trinajstić information content (AvgIpc) is 3.37. The number of ether oxygens (including phenoxy) is 3. The molecule has 2 N–H and O–H groups in total. The van der Waals surface area contributed by atoms with Gasteiger partial charge in [0.25, 0.3) is 0 Å². The van der Waals surface area contributed by atoms with Crippen molar-refractivity contribution < 1.29 is 32.8 Å². The highest BCUT2D eigenvalue weighted by Crippen LogP contribution is 2.34. The third-order valence-electron chi connectivity index (χ3n) is 6.42. The molecule has 1 aliphatic carbocycles. The molecule has 2 aromatic rings. The summed E-state index contributed by atoms with van der Waals surface area (Å²) in [5, 5.41) is 5.69. The molecule has 1 unspecified atom stereocenters. The van der Waals surface area contributed by atoms with Gasteiger partial charge >= 0.3 is 0 Å². The molecule has 1 aliphatic heterocycles. The predicted molar refractivity (Wildman–Crippen MR) is 142 cm³/mol. The van der Waals surface area contributed by atoms with Crippen LogP contribution in [0.3, 0.4) is 0 Å². The van der Waals surface area contributed by atoms with E-state index in [0.717, 1.165) is 31.2 Å². The number of hydrogen-bond acceptors (Lipinski definition) is 7. The lowest BCUT2D eigenvalue weighted by atomic mass is 9.95. The van der Waals surface area contributed by atoms with Crippen LogP contribution in [0.5, 0.6) is 17.2 Å². The van der Waals surface area contributed by atoms with E-state index in [-0.39, 0.29) is 43.3 Å². The Morgan fingerprint density at radius 3 is 2.45 bits per heavy atom. The number of carbonyl (C=O) groups excluding carboxylic acids is 3. The SMILES string of the molecule is COc1ccc(CN(CC(=O)NC2CCCCC2)C(=O)CS(=O)CC(=O)Nc2ccc3c(c2)OCO3)cc1. The van der Waals surface area contributed by atoms with Crippen LogP contribution in [0.1, 0.15) is 37.7 Å². The van der Waals surface area contributed by atoms with Gasteiger partial charge in [-0.3, -0.25) is 18.6 Å².